The van der Waals surface area contributed by atoms with Gasteiger partial charge < -0.3 is 20.3 Å². The van der Waals surface area contributed by atoms with Crippen molar-refractivity contribution in [3.05, 3.63) is 36.2 Å². The summed E-state index contributed by atoms with van der Waals surface area (Å²) in [7, 11) is 1.60. The van der Waals surface area contributed by atoms with E-state index in [-0.39, 0.29) is 0 Å². The molecule has 2 N–H and O–H groups in total. The summed E-state index contributed by atoms with van der Waals surface area (Å²) in [5.74, 6) is 2.47. The van der Waals surface area contributed by atoms with Gasteiger partial charge in [-0.25, -0.2) is 0 Å². The largest absolute Gasteiger partial charge is 0.481 e. The average molecular weight is 372 g/mol. The molecule has 0 saturated carbocycles. The summed E-state index contributed by atoms with van der Waals surface area (Å²) in [4.78, 5) is 15.3. The van der Waals surface area contributed by atoms with Crippen LogP contribution in [-0.4, -0.2) is 40.3 Å². The average Bonchev–Trinajstić information content (AvgIpc) is 2.67. The van der Waals surface area contributed by atoms with E-state index in [4.69, 9.17) is 17.0 Å². The third kappa shape index (κ3) is 5.01. The van der Waals surface area contributed by atoms with Crippen LogP contribution in [0.1, 0.15) is 25.3 Å². The molecule has 26 heavy (non-hydrogen) atoms. The maximum Gasteiger partial charge on any atom is 0.234 e. The third-order valence-corrected chi connectivity index (χ3v) is 4.53. The first-order valence-electron chi connectivity index (χ1n) is 8.76. The van der Waals surface area contributed by atoms with E-state index in [0.717, 1.165) is 24.5 Å². The predicted octanol–water partition coefficient (Wildman–Crippen LogP) is 2.60. The van der Waals surface area contributed by atoms with Gasteiger partial charge in [0.2, 0.25) is 11.8 Å². The molecular weight excluding hydrogens is 348 g/mol. The number of hydrogen-bond donors (Lipinski definition) is 2. The first-order valence-corrected chi connectivity index (χ1v) is 9.16. The molecule has 8 heteroatoms. The third-order valence-electron chi connectivity index (χ3n) is 4.28. The van der Waals surface area contributed by atoms with Gasteiger partial charge in [0.1, 0.15) is 5.82 Å². The summed E-state index contributed by atoms with van der Waals surface area (Å²) in [6.45, 7) is 4.83. The Labute approximate surface area is 159 Å². The van der Waals surface area contributed by atoms with Gasteiger partial charge in [-0.1, -0.05) is 13.0 Å². The molecule has 1 saturated heterocycles. The van der Waals surface area contributed by atoms with Gasteiger partial charge in [-0.15, -0.1) is 0 Å². The smallest absolute Gasteiger partial charge is 0.234 e. The molecule has 1 aliphatic heterocycles. The number of aromatic nitrogens is 3. The predicted molar refractivity (Wildman–Crippen MR) is 106 cm³/mol. The van der Waals surface area contributed by atoms with Gasteiger partial charge >= 0.3 is 0 Å². The van der Waals surface area contributed by atoms with E-state index >= 15 is 0 Å². The van der Waals surface area contributed by atoms with E-state index in [1.807, 2.05) is 18.2 Å². The number of pyridine rings is 1. The Bertz CT molecular complexity index is 742. The standard InChI is InChI=1S/C18H24N6OS/c1-13-5-4-8-24(12-13)15-9-16(25-2)22-17(21-15)23-18(26)20-11-14-6-3-7-19-10-14/h3,6-7,9-10,13H,4-5,8,11-12H2,1-2H3,(H2,20,21,22,23,26). The summed E-state index contributed by atoms with van der Waals surface area (Å²) in [5, 5.41) is 6.64. The molecule has 7 nitrogen and oxygen atoms in total. The van der Waals surface area contributed by atoms with Crippen molar-refractivity contribution < 1.29 is 4.74 Å². The molecule has 0 aromatic carbocycles. The molecule has 1 unspecified atom stereocenters. The van der Waals surface area contributed by atoms with Crippen LogP contribution in [0, 0.1) is 5.92 Å². The van der Waals surface area contributed by atoms with Crippen molar-refractivity contribution >= 4 is 29.1 Å². The van der Waals surface area contributed by atoms with Crippen LogP contribution in [0.25, 0.3) is 0 Å². The van der Waals surface area contributed by atoms with Crippen LogP contribution in [0.2, 0.25) is 0 Å². The Kier molecular flexibility index (Phi) is 6.17. The molecule has 0 amide bonds. The Morgan fingerprint density at radius 1 is 1.42 bits per heavy atom. The van der Waals surface area contributed by atoms with Crippen molar-refractivity contribution in [2.24, 2.45) is 5.92 Å². The zero-order valence-electron chi connectivity index (χ0n) is 15.1. The number of piperidine rings is 1. The van der Waals surface area contributed by atoms with Crippen LogP contribution in [0.3, 0.4) is 0 Å². The van der Waals surface area contributed by atoms with Crippen LogP contribution in [0.15, 0.2) is 30.6 Å². The Morgan fingerprint density at radius 2 is 2.31 bits per heavy atom. The van der Waals surface area contributed by atoms with Crippen molar-refractivity contribution in [3.63, 3.8) is 0 Å². The summed E-state index contributed by atoms with van der Waals surface area (Å²) in [6.07, 6.45) is 5.97. The summed E-state index contributed by atoms with van der Waals surface area (Å²) in [6, 6.07) is 5.75. The topological polar surface area (TPSA) is 75.2 Å². The van der Waals surface area contributed by atoms with Crippen LogP contribution in [0.5, 0.6) is 5.88 Å². The molecule has 2 aromatic rings. The number of nitrogens with zero attached hydrogens (tertiary/aromatic N) is 4. The Balaban J connectivity index is 1.66. The molecule has 0 radical (unpaired) electrons. The van der Waals surface area contributed by atoms with E-state index in [9.17, 15) is 0 Å². The maximum absolute atomic E-state index is 5.36. The van der Waals surface area contributed by atoms with E-state index in [0.29, 0.717) is 29.4 Å². The molecule has 2 aromatic heterocycles. The van der Waals surface area contributed by atoms with Crippen LogP contribution >= 0.6 is 12.2 Å². The highest BCUT2D eigenvalue weighted by molar-refractivity contribution is 7.80. The van der Waals surface area contributed by atoms with Gasteiger partial charge in [0.05, 0.1) is 7.11 Å². The van der Waals surface area contributed by atoms with Gasteiger partial charge in [-0.05, 0) is 42.6 Å². The number of ether oxygens (including phenoxy) is 1. The maximum atomic E-state index is 5.36. The minimum Gasteiger partial charge on any atom is -0.481 e. The van der Waals surface area contributed by atoms with Crippen molar-refractivity contribution in [3.8, 4) is 5.88 Å². The molecule has 1 atom stereocenters. The highest BCUT2D eigenvalue weighted by Crippen LogP contribution is 2.25. The second-order valence-corrected chi connectivity index (χ2v) is 6.86. The molecule has 3 heterocycles. The lowest BCUT2D eigenvalue weighted by molar-refractivity contribution is 0.396. The van der Waals surface area contributed by atoms with Crippen molar-refractivity contribution in [2.75, 3.05) is 30.4 Å². The molecule has 0 bridgehead atoms. The lowest BCUT2D eigenvalue weighted by Gasteiger charge is -2.32. The molecule has 138 valence electrons. The second kappa shape index (κ2) is 8.75. The van der Waals surface area contributed by atoms with Gasteiger partial charge in [-0.2, -0.15) is 9.97 Å². The quantitative estimate of drug-likeness (QED) is 0.776. The first-order chi connectivity index (χ1) is 12.6. The van der Waals surface area contributed by atoms with Crippen LogP contribution in [0.4, 0.5) is 11.8 Å². The fourth-order valence-electron chi connectivity index (χ4n) is 2.96. The Morgan fingerprint density at radius 3 is 3.04 bits per heavy atom. The van der Waals surface area contributed by atoms with Gasteiger partial charge in [0, 0.05) is 38.1 Å². The van der Waals surface area contributed by atoms with E-state index in [2.05, 4.69) is 37.4 Å². The van der Waals surface area contributed by atoms with E-state index in [1.54, 1.807) is 19.5 Å². The fraction of sp³-hybridized carbons (Fsp3) is 0.444. The molecular formula is C18H24N6OS. The second-order valence-electron chi connectivity index (χ2n) is 6.45. The highest BCUT2D eigenvalue weighted by atomic mass is 32.1. The van der Waals surface area contributed by atoms with Gasteiger partial charge in [0.25, 0.3) is 0 Å². The number of hydrogen-bond acceptors (Lipinski definition) is 6. The zero-order chi connectivity index (χ0) is 18.4. The molecule has 3 rings (SSSR count). The molecule has 0 aliphatic carbocycles. The molecule has 1 fully saturated rings. The molecule has 0 spiro atoms. The normalized spacial score (nSPS) is 16.8. The monoisotopic (exact) mass is 372 g/mol. The number of methoxy groups -OCH3 is 1. The number of anilines is 2. The van der Waals surface area contributed by atoms with Crippen LogP contribution < -0.4 is 20.3 Å². The van der Waals surface area contributed by atoms with Gasteiger partial charge in [-0.3, -0.25) is 4.98 Å². The summed E-state index contributed by atoms with van der Waals surface area (Å²) < 4.78 is 5.33. The van der Waals surface area contributed by atoms with Gasteiger partial charge in [0.15, 0.2) is 5.11 Å². The summed E-state index contributed by atoms with van der Waals surface area (Å²) in [5.41, 5.74) is 1.05. The van der Waals surface area contributed by atoms with Crippen molar-refractivity contribution in [1.29, 1.82) is 0 Å². The minimum atomic E-state index is 0.432. The molecule has 1 aliphatic rings. The van der Waals surface area contributed by atoms with E-state index < -0.39 is 0 Å². The number of thiocarbonyl (C=S) groups is 1. The number of nitrogens with one attached hydrogen (secondary N) is 2. The highest BCUT2D eigenvalue weighted by Gasteiger charge is 2.19. The lowest BCUT2D eigenvalue weighted by atomic mass is 10.0. The van der Waals surface area contributed by atoms with Crippen molar-refractivity contribution in [1.82, 2.24) is 20.3 Å². The summed E-state index contributed by atoms with van der Waals surface area (Å²) >= 11 is 5.36. The zero-order valence-corrected chi connectivity index (χ0v) is 15.9. The fourth-order valence-corrected chi connectivity index (χ4v) is 3.13. The van der Waals surface area contributed by atoms with E-state index in [1.165, 1.54) is 12.8 Å². The SMILES string of the molecule is COc1cc(N2CCCC(C)C2)nc(NC(=S)NCc2cccnc2)n1. The number of rotatable bonds is 5. The van der Waals surface area contributed by atoms with Crippen molar-refractivity contribution in [2.45, 2.75) is 26.3 Å². The first kappa shape index (κ1) is 18.3. The van der Waals surface area contributed by atoms with Crippen LogP contribution in [-0.2, 0) is 6.54 Å². The Hall–Kier alpha value is -2.48. The lowest BCUT2D eigenvalue weighted by Crippen LogP contribution is -2.35. The minimum absolute atomic E-state index is 0.432.